The van der Waals surface area contributed by atoms with Gasteiger partial charge in [0.15, 0.2) is 0 Å². The van der Waals surface area contributed by atoms with E-state index < -0.39 is 0 Å². The molecule has 0 radical (unpaired) electrons. The van der Waals surface area contributed by atoms with Crippen LogP contribution >= 0.6 is 11.6 Å². The molecule has 19 heavy (non-hydrogen) atoms. The topological polar surface area (TPSA) is 43.8 Å². The Balaban J connectivity index is 2.24. The molecule has 5 heteroatoms. The van der Waals surface area contributed by atoms with Gasteiger partial charge in [-0.1, -0.05) is 24.1 Å². The molecule has 3 nitrogen and oxygen atoms in total. The van der Waals surface area contributed by atoms with Crippen molar-refractivity contribution in [2.24, 2.45) is 7.05 Å². The van der Waals surface area contributed by atoms with Crippen LogP contribution in [0.3, 0.4) is 0 Å². The fourth-order valence-corrected chi connectivity index (χ4v) is 2.78. The van der Waals surface area contributed by atoms with Gasteiger partial charge in [0.05, 0.1) is 16.3 Å². The molecule has 0 spiro atoms. The molecule has 1 aromatic carbocycles. The minimum atomic E-state index is -0.354. The van der Waals surface area contributed by atoms with Gasteiger partial charge in [0, 0.05) is 18.5 Å². The van der Waals surface area contributed by atoms with Crippen molar-refractivity contribution in [3.8, 4) is 11.1 Å². The SMILES string of the molecule is Cn1nc(C2CCC2)c(-c2c(F)cccc2Cl)c1N. The Bertz CT molecular complexity index is 612. The first-order chi connectivity index (χ1) is 9.09. The first-order valence-electron chi connectivity index (χ1n) is 6.36. The van der Waals surface area contributed by atoms with Crippen LogP contribution in [0.5, 0.6) is 0 Å². The number of hydrogen-bond donors (Lipinski definition) is 1. The average Bonchev–Trinajstić information content (AvgIpc) is 2.55. The van der Waals surface area contributed by atoms with Crippen LogP contribution in [0.25, 0.3) is 11.1 Å². The maximum Gasteiger partial charge on any atom is 0.132 e. The molecule has 1 aliphatic carbocycles. The van der Waals surface area contributed by atoms with Crippen LogP contribution in [-0.4, -0.2) is 9.78 Å². The van der Waals surface area contributed by atoms with E-state index in [9.17, 15) is 4.39 Å². The molecule has 1 fully saturated rings. The van der Waals surface area contributed by atoms with Gasteiger partial charge >= 0.3 is 0 Å². The molecule has 1 aromatic heterocycles. The van der Waals surface area contributed by atoms with Crippen molar-refractivity contribution in [1.82, 2.24) is 9.78 Å². The van der Waals surface area contributed by atoms with Crippen LogP contribution < -0.4 is 5.73 Å². The maximum absolute atomic E-state index is 14.1. The van der Waals surface area contributed by atoms with Gasteiger partial charge in [0.25, 0.3) is 0 Å². The number of nitrogen functional groups attached to an aromatic ring is 1. The second kappa shape index (κ2) is 4.53. The van der Waals surface area contributed by atoms with Gasteiger partial charge in [0.1, 0.15) is 11.6 Å². The number of nitrogens with zero attached hydrogens (tertiary/aromatic N) is 2. The van der Waals surface area contributed by atoms with Gasteiger partial charge in [-0.3, -0.25) is 4.68 Å². The lowest BCUT2D eigenvalue weighted by molar-refractivity contribution is 0.408. The molecule has 0 atom stereocenters. The van der Waals surface area contributed by atoms with E-state index in [2.05, 4.69) is 5.10 Å². The predicted molar refractivity (Wildman–Crippen MR) is 74.6 cm³/mol. The third kappa shape index (κ3) is 1.91. The van der Waals surface area contributed by atoms with E-state index in [-0.39, 0.29) is 5.82 Å². The van der Waals surface area contributed by atoms with Gasteiger partial charge in [-0.25, -0.2) is 4.39 Å². The molecule has 0 bridgehead atoms. The molecular formula is C14H15ClFN3. The van der Waals surface area contributed by atoms with E-state index in [1.165, 1.54) is 12.5 Å². The van der Waals surface area contributed by atoms with Crippen molar-refractivity contribution in [3.05, 3.63) is 34.7 Å². The first kappa shape index (κ1) is 12.5. The number of benzene rings is 1. The van der Waals surface area contributed by atoms with Crippen LogP contribution in [0.2, 0.25) is 5.02 Å². The van der Waals surface area contributed by atoms with Crippen LogP contribution in [0.4, 0.5) is 10.2 Å². The molecule has 3 rings (SSSR count). The second-order valence-electron chi connectivity index (χ2n) is 4.99. The number of hydrogen-bond acceptors (Lipinski definition) is 2. The normalized spacial score (nSPS) is 15.5. The summed E-state index contributed by atoms with van der Waals surface area (Å²) in [6, 6.07) is 4.67. The minimum Gasteiger partial charge on any atom is -0.383 e. The fourth-order valence-electron chi connectivity index (χ4n) is 2.52. The van der Waals surface area contributed by atoms with Crippen LogP contribution in [0.15, 0.2) is 18.2 Å². The summed E-state index contributed by atoms with van der Waals surface area (Å²) in [4.78, 5) is 0. The third-order valence-electron chi connectivity index (χ3n) is 3.82. The molecule has 2 aromatic rings. The molecule has 0 unspecified atom stereocenters. The number of aryl methyl sites for hydroxylation is 1. The largest absolute Gasteiger partial charge is 0.383 e. The number of anilines is 1. The quantitative estimate of drug-likeness (QED) is 0.910. The van der Waals surface area contributed by atoms with Crippen LogP contribution in [0.1, 0.15) is 30.9 Å². The Morgan fingerprint density at radius 2 is 2.11 bits per heavy atom. The van der Waals surface area contributed by atoms with Crippen molar-refractivity contribution in [2.45, 2.75) is 25.2 Å². The monoisotopic (exact) mass is 279 g/mol. The Morgan fingerprint density at radius 3 is 2.68 bits per heavy atom. The van der Waals surface area contributed by atoms with E-state index in [0.29, 0.717) is 27.9 Å². The van der Waals surface area contributed by atoms with Crippen LogP contribution in [0, 0.1) is 5.82 Å². The third-order valence-corrected chi connectivity index (χ3v) is 4.14. The highest BCUT2D eigenvalue weighted by Gasteiger charge is 2.29. The summed E-state index contributed by atoms with van der Waals surface area (Å²) in [5, 5.41) is 4.83. The summed E-state index contributed by atoms with van der Waals surface area (Å²) in [7, 11) is 1.77. The molecule has 0 aliphatic heterocycles. The van der Waals surface area contributed by atoms with Crippen molar-refractivity contribution in [2.75, 3.05) is 5.73 Å². The summed E-state index contributed by atoms with van der Waals surface area (Å²) in [6.45, 7) is 0. The van der Waals surface area contributed by atoms with Crippen LogP contribution in [-0.2, 0) is 7.05 Å². The Morgan fingerprint density at radius 1 is 1.37 bits per heavy atom. The molecule has 1 saturated carbocycles. The zero-order valence-electron chi connectivity index (χ0n) is 10.7. The van der Waals surface area contributed by atoms with E-state index >= 15 is 0 Å². The van der Waals surface area contributed by atoms with E-state index in [4.69, 9.17) is 17.3 Å². The highest BCUT2D eigenvalue weighted by Crippen LogP contribution is 2.44. The Hall–Kier alpha value is -1.55. The molecule has 1 heterocycles. The van der Waals surface area contributed by atoms with E-state index in [1.54, 1.807) is 23.9 Å². The zero-order valence-corrected chi connectivity index (χ0v) is 11.4. The number of aromatic nitrogens is 2. The maximum atomic E-state index is 14.1. The molecule has 0 amide bonds. The van der Waals surface area contributed by atoms with Gasteiger partial charge < -0.3 is 5.73 Å². The highest BCUT2D eigenvalue weighted by atomic mass is 35.5. The number of rotatable bonds is 2. The van der Waals surface area contributed by atoms with Crippen molar-refractivity contribution < 1.29 is 4.39 Å². The average molecular weight is 280 g/mol. The van der Waals surface area contributed by atoms with Gasteiger partial charge in [-0.2, -0.15) is 5.10 Å². The predicted octanol–water partition coefficient (Wildman–Crippen LogP) is 3.73. The first-order valence-corrected chi connectivity index (χ1v) is 6.74. The Kier molecular flexibility index (Phi) is 2.97. The molecule has 2 N–H and O–H groups in total. The van der Waals surface area contributed by atoms with Gasteiger partial charge in [-0.15, -0.1) is 0 Å². The summed E-state index contributed by atoms with van der Waals surface area (Å²) in [5.74, 6) is 0.482. The zero-order chi connectivity index (χ0) is 13.6. The van der Waals surface area contributed by atoms with Gasteiger partial charge in [-0.05, 0) is 25.0 Å². The van der Waals surface area contributed by atoms with Crippen molar-refractivity contribution in [3.63, 3.8) is 0 Å². The number of halogens is 2. The lowest BCUT2D eigenvalue weighted by atomic mass is 9.80. The molecule has 0 saturated heterocycles. The summed E-state index contributed by atoms with van der Waals surface area (Å²) >= 11 is 6.15. The summed E-state index contributed by atoms with van der Waals surface area (Å²) in [6.07, 6.45) is 3.34. The smallest absolute Gasteiger partial charge is 0.132 e. The standard InChI is InChI=1S/C14H15ClFN3/c1-19-14(17)12(13(18-19)8-4-2-5-8)11-9(15)6-3-7-10(11)16/h3,6-8H,2,4-5,17H2,1H3. The Labute approximate surface area is 116 Å². The lowest BCUT2D eigenvalue weighted by Gasteiger charge is -2.24. The number of nitrogens with two attached hydrogens (primary N) is 1. The van der Waals surface area contributed by atoms with E-state index in [1.807, 2.05) is 0 Å². The van der Waals surface area contributed by atoms with Crippen molar-refractivity contribution in [1.29, 1.82) is 0 Å². The summed E-state index contributed by atoms with van der Waals surface area (Å²) < 4.78 is 15.7. The highest BCUT2D eigenvalue weighted by molar-refractivity contribution is 6.33. The van der Waals surface area contributed by atoms with Gasteiger partial charge in [0.2, 0.25) is 0 Å². The molecule has 100 valence electrons. The summed E-state index contributed by atoms with van der Waals surface area (Å²) in [5.41, 5.74) is 7.97. The molecule has 1 aliphatic rings. The lowest BCUT2D eigenvalue weighted by Crippen LogP contribution is -2.11. The minimum absolute atomic E-state index is 0.354. The molecular weight excluding hydrogens is 265 g/mol. The fraction of sp³-hybridized carbons (Fsp3) is 0.357. The second-order valence-corrected chi connectivity index (χ2v) is 5.40. The van der Waals surface area contributed by atoms with Crippen molar-refractivity contribution >= 4 is 17.4 Å². The van der Waals surface area contributed by atoms with E-state index in [0.717, 1.165) is 18.5 Å².